The van der Waals surface area contributed by atoms with Crippen LogP contribution in [0.2, 0.25) is 0 Å². The lowest BCUT2D eigenvalue weighted by Crippen LogP contribution is -2.27. The highest BCUT2D eigenvalue weighted by Gasteiger charge is 2.20. The van der Waals surface area contributed by atoms with E-state index in [9.17, 15) is 0 Å². The van der Waals surface area contributed by atoms with Crippen LogP contribution in [-0.2, 0) is 0 Å². The van der Waals surface area contributed by atoms with Gasteiger partial charge in [0.1, 0.15) is 11.3 Å². The van der Waals surface area contributed by atoms with Crippen molar-refractivity contribution < 1.29 is 4.42 Å². The topological polar surface area (TPSA) is 54.2 Å². The minimum atomic E-state index is 0.661. The van der Waals surface area contributed by atoms with Crippen LogP contribution < -0.4 is 5.32 Å². The first kappa shape index (κ1) is 15.1. The molecule has 2 aromatic heterocycles. The number of rotatable bonds is 5. The Morgan fingerprint density at radius 3 is 3.04 bits per heavy atom. The second kappa shape index (κ2) is 6.61. The molecule has 1 saturated heterocycles. The number of nitrogens with one attached hydrogen (secondary N) is 1. The molecule has 1 atom stereocenters. The zero-order valence-electron chi connectivity index (χ0n) is 13.9. The van der Waals surface area contributed by atoms with Gasteiger partial charge in [-0.25, -0.2) is 9.97 Å². The normalized spacial score (nSPS) is 18.3. The third-order valence-electron chi connectivity index (χ3n) is 4.77. The highest BCUT2D eigenvalue weighted by molar-refractivity contribution is 5.82. The van der Waals surface area contributed by atoms with Gasteiger partial charge in [-0.05, 0) is 51.1 Å². The summed E-state index contributed by atoms with van der Waals surface area (Å²) in [7, 11) is 2.20. The van der Waals surface area contributed by atoms with Gasteiger partial charge in [0.15, 0.2) is 5.76 Å². The number of aromatic nitrogens is 2. The van der Waals surface area contributed by atoms with Crippen molar-refractivity contribution in [1.82, 2.24) is 14.9 Å². The Hall–Kier alpha value is -2.40. The van der Waals surface area contributed by atoms with Crippen LogP contribution in [0.15, 0.2) is 47.0 Å². The lowest BCUT2D eigenvalue weighted by atomic mass is 10.1. The van der Waals surface area contributed by atoms with Crippen LogP contribution >= 0.6 is 0 Å². The summed E-state index contributed by atoms with van der Waals surface area (Å²) in [6, 6.07) is 12.6. The predicted octanol–water partition coefficient (Wildman–Crippen LogP) is 3.79. The predicted molar refractivity (Wildman–Crippen MR) is 96.0 cm³/mol. The summed E-state index contributed by atoms with van der Waals surface area (Å²) in [5.74, 6) is 1.44. The number of hydrogen-bond acceptors (Lipinski definition) is 5. The Kier molecular flexibility index (Phi) is 4.17. The fraction of sp³-hybridized carbons (Fsp3) is 0.368. The average molecular weight is 322 g/mol. The van der Waals surface area contributed by atoms with Crippen LogP contribution in [0.25, 0.3) is 22.4 Å². The van der Waals surface area contributed by atoms with Crippen molar-refractivity contribution in [1.29, 1.82) is 0 Å². The number of benzene rings is 1. The van der Waals surface area contributed by atoms with Gasteiger partial charge in [-0.15, -0.1) is 0 Å². The molecule has 5 nitrogen and oxygen atoms in total. The summed E-state index contributed by atoms with van der Waals surface area (Å²) in [6.07, 6.45) is 5.49. The van der Waals surface area contributed by atoms with Crippen LogP contribution in [0.1, 0.15) is 19.3 Å². The third-order valence-corrected chi connectivity index (χ3v) is 4.77. The Bertz CT molecular complexity index is 796. The second-order valence-corrected chi connectivity index (χ2v) is 6.41. The van der Waals surface area contributed by atoms with Gasteiger partial charge >= 0.3 is 0 Å². The van der Waals surface area contributed by atoms with E-state index < -0.39 is 0 Å². The van der Waals surface area contributed by atoms with Crippen LogP contribution in [-0.4, -0.2) is 41.0 Å². The maximum Gasteiger partial charge on any atom is 0.223 e. The number of anilines is 1. The fourth-order valence-electron chi connectivity index (χ4n) is 3.38. The molecule has 24 heavy (non-hydrogen) atoms. The number of furan rings is 1. The van der Waals surface area contributed by atoms with E-state index in [1.165, 1.54) is 19.4 Å². The Morgan fingerprint density at radius 2 is 2.21 bits per heavy atom. The van der Waals surface area contributed by atoms with Crippen LogP contribution in [0.5, 0.6) is 0 Å². The van der Waals surface area contributed by atoms with Gasteiger partial charge in [0.25, 0.3) is 0 Å². The van der Waals surface area contributed by atoms with Crippen molar-refractivity contribution in [2.24, 2.45) is 0 Å². The summed E-state index contributed by atoms with van der Waals surface area (Å²) >= 11 is 0. The van der Waals surface area contributed by atoms with Gasteiger partial charge < -0.3 is 14.6 Å². The molecule has 3 aromatic rings. The molecule has 5 heteroatoms. The highest BCUT2D eigenvalue weighted by Crippen LogP contribution is 2.26. The number of nitrogens with zero attached hydrogens (tertiary/aromatic N) is 3. The Morgan fingerprint density at radius 1 is 1.29 bits per heavy atom. The van der Waals surface area contributed by atoms with Crippen molar-refractivity contribution in [3.05, 3.63) is 42.6 Å². The number of para-hydroxylation sites is 1. The standard InChI is InChI=1S/C19H22N4O/c1-23-12-4-6-15(23)8-10-20-19-21-11-9-16(22-19)18-13-14-5-2-3-7-17(14)24-18/h2-3,5,7,9,11,13,15H,4,6,8,10,12H2,1H3,(H,20,21,22). The molecule has 1 unspecified atom stereocenters. The first-order valence-corrected chi connectivity index (χ1v) is 8.56. The van der Waals surface area contributed by atoms with E-state index in [0.717, 1.165) is 35.4 Å². The molecule has 0 aliphatic carbocycles. The molecule has 0 amide bonds. The molecule has 0 radical (unpaired) electrons. The summed E-state index contributed by atoms with van der Waals surface area (Å²) in [5, 5.41) is 4.43. The van der Waals surface area contributed by atoms with E-state index in [1.54, 1.807) is 6.20 Å². The minimum Gasteiger partial charge on any atom is -0.454 e. The lowest BCUT2D eigenvalue weighted by Gasteiger charge is -2.19. The molecule has 4 rings (SSSR count). The summed E-state index contributed by atoms with van der Waals surface area (Å²) < 4.78 is 5.88. The van der Waals surface area contributed by atoms with E-state index in [1.807, 2.05) is 36.4 Å². The summed E-state index contributed by atoms with van der Waals surface area (Å²) in [6.45, 7) is 2.10. The molecule has 0 spiro atoms. The smallest absolute Gasteiger partial charge is 0.223 e. The molecule has 1 aliphatic heterocycles. The second-order valence-electron chi connectivity index (χ2n) is 6.41. The molecule has 0 bridgehead atoms. The van der Waals surface area contributed by atoms with Crippen LogP contribution in [0, 0.1) is 0 Å². The van der Waals surface area contributed by atoms with Crippen molar-refractivity contribution in [3.63, 3.8) is 0 Å². The van der Waals surface area contributed by atoms with E-state index in [4.69, 9.17) is 4.42 Å². The lowest BCUT2D eigenvalue weighted by molar-refractivity contribution is 0.301. The van der Waals surface area contributed by atoms with Gasteiger partial charge in [0, 0.05) is 24.2 Å². The number of likely N-dealkylation sites (tertiary alicyclic amines) is 1. The quantitative estimate of drug-likeness (QED) is 0.774. The summed E-state index contributed by atoms with van der Waals surface area (Å²) in [5.41, 5.74) is 1.69. The zero-order valence-corrected chi connectivity index (χ0v) is 13.9. The Labute approximate surface area is 141 Å². The first-order chi connectivity index (χ1) is 11.8. The maximum absolute atomic E-state index is 5.88. The molecule has 0 saturated carbocycles. The molecule has 1 N–H and O–H groups in total. The van der Waals surface area contributed by atoms with Crippen molar-refractivity contribution in [2.75, 3.05) is 25.5 Å². The van der Waals surface area contributed by atoms with Crippen LogP contribution in [0.4, 0.5) is 5.95 Å². The summed E-state index contributed by atoms with van der Waals surface area (Å²) in [4.78, 5) is 11.4. The minimum absolute atomic E-state index is 0.661. The maximum atomic E-state index is 5.88. The molecule has 1 aromatic carbocycles. The van der Waals surface area contributed by atoms with E-state index in [-0.39, 0.29) is 0 Å². The van der Waals surface area contributed by atoms with Crippen molar-refractivity contribution in [3.8, 4) is 11.5 Å². The van der Waals surface area contributed by atoms with Crippen LogP contribution in [0.3, 0.4) is 0 Å². The molecule has 1 aliphatic rings. The molecular weight excluding hydrogens is 300 g/mol. The van der Waals surface area contributed by atoms with Gasteiger partial charge in [0.05, 0.1) is 0 Å². The fourth-order valence-corrected chi connectivity index (χ4v) is 3.38. The first-order valence-electron chi connectivity index (χ1n) is 8.56. The molecule has 1 fully saturated rings. The number of fused-ring (bicyclic) bond motifs is 1. The average Bonchev–Trinajstić information content (AvgIpc) is 3.21. The molecular formula is C19H22N4O. The number of hydrogen-bond donors (Lipinski definition) is 1. The largest absolute Gasteiger partial charge is 0.454 e. The van der Waals surface area contributed by atoms with Gasteiger partial charge in [-0.3, -0.25) is 0 Å². The van der Waals surface area contributed by atoms with E-state index >= 15 is 0 Å². The SMILES string of the molecule is CN1CCCC1CCNc1nccc(-c2cc3ccccc3o2)n1. The van der Waals surface area contributed by atoms with Crippen molar-refractivity contribution >= 4 is 16.9 Å². The van der Waals surface area contributed by atoms with E-state index in [2.05, 4.69) is 27.2 Å². The van der Waals surface area contributed by atoms with E-state index in [0.29, 0.717) is 12.0 Å². The van der Waals surface area contributed by atoms with Gasteiger partial charge in [-0.2, -0.15) is 0 Å². The Balaban J connectivity index is 1.45. The van der Waals surface area contributed by atoms with Gasteiger partial charge in [0.2, 0.25) is 5.95 Å². The van der Waals surface area contributed by atoms with Gasteiger partial charge in [-0.1, -0.05) is 18.2 Å². The zero-order chi connectivity index (χ0) is 16.4. The molecule has 3 heterocycles. The third kappa shape index (κ3) is 3.12. The van der Waals surface area contributed by atoms with Crippen molar-refractivity contribution in [2.45, 2.75) is 25.3 Å². The molecule has 124 valence electrons. The monoisotopic (exact) mass is 322 g/mol. The highest BCUT2D eigenvalue weighted by atomic mass is 16.3.